The minimum absolute atomic E-state index is 0.0906. The van der Waals surface area contributed by atoms with Crippen LogP contribution in [0, 0.1) is 12.7 Å². The summed E-state index contributed by atoms with van der Waals surface area (Å²) >= 11 is 2.38. The van der Waals surface area contributed by atoms with E-state index < -0.39 is 17.7 Å². The topological polar surface area (TPSA) is 106 Å². The molecule has 0 radical (unpaired) electrons. The largest absolute Gasteiger partial charge is 0.507 e. The third kappa shape index (κ3) is 6.10. The zero-order valence-corrected chi connectivity index (χ0v) is 25.0. The highest BCUT2D eigenvalue weighted by molar-refractivity contribution is 8.00. The summed E-state index contributed by atoms with van der Waals surface area (Å²) in [7, 11) is 0. The molecule has 0 saturated carbocycles. The Morgan fingerprint density at radius 2 is 1.84 bits per heavy atom. The number of aryl methyl sites for hydroxylation is 1. The van der Waals surface area contributed by atoms with E-state index in [0.717, 1.165) is 22.5 Å². The van der Waals surface area contributed by atoms with Crippen molar-refractivity contribution < 1.29 is 23.8 Å². The van der Waals surface area contributed by atoms with Gasteiger partial charge in [-0.2, -0.15) is 0 Å². The smallest absolute Gasteiger partial charge is 0.301 e. The molecule has 1 atom stereocenters. The first kappa shape index (κ1) is 29.2. The van der Waals surface area contributed by atoms with Crippen LogP contribution in [-0.2, 0) is 21.9 Å². The number of aliphatic hydroxyl groups excluding tert-OH is 1. The number of aromatic nitrogens is 3. The molecule has 0 bridgehead atoms. The van der Waals surface area contributed by atoms with Crippen LogP contribution < -0.4 is 9.64 Å². The van der Waals surface area contributed by atoms with Crippen LogP contribution >= 0.6 is 23.1 Å². The highest BCUT2D eigenvalue weighted by Crippen LogP contribution is 2.44. The van der Waals surface area contributed by atoms with Gasteiger partial charge < -0.3 is 9.84 Å². The standard InChI is InChI=1S/C33H25FN4O4S2/c1-20-6-4-7-21(16-20)18-42-25-13-11-22(12-14-25)29(39)27-28(23-9-5-15-35-17-23)38(31(41)30(27)40)32-36-37-33(44-32)43-19-24-8-2-3-10-26(24)34/h2-17,28,39H,18-19H2,1H3. The Morgan fingerprint density at radius 1 is 1.02 bits per heavy atom. The normalized spacial score (nSPS) is 16.0. The average molecular weight is 625 g/mol. The number of benzene rings is 3. The number of aliphatic hydroxyl groups is 1. The van der Waals surface area contributed by atoms with Gasteiger partial charge in [-0.3, -0.25) is 19.5 Å². The molecule has 44 heavy (non-hydrogen) atoms. The maximum Gasteiger partial charge on any atom is 0.301 e. The van der Waals surface area contributed by atoms with E-state index in [2.05, 4.69) is 15.2 Å². The van der Waals surface area contributed by atoms with E-state index >= 15 is 0 Å². The Morgan fingerprint density at radius 3 is 2.59 bits per heavy atom. The number of ketones is 1. The second-order valence-electron chi connectivity index (χ2n) is 9.99. The summed E-state index contributed by atoms with van der Waals surface area (Å²) in [5, 5.41) is 20.0. The van der Waals surface area contributed by atoms with Crippen molar-refractivity contribution in [3.05, 3.63) is 137 Å². The molecular weight excluding hydrogens is 600 g/mol. The molecular formula is C33H25FN4O4S2. The van der Waals surface area contributed by atoms with Gasteiger partial charge in [0.2, 0.25) is 5.13 Å². The summed E-state index contributed by atoms with van der Waals surface area (Å²) in [6.45, 7) is 2.39. The van der Waals surface area contributed by atoms with Gasteiger partial charge in [-0.1, -0.05) is 77.2 Å². The van der Waals surface area contributed by atoms with Crippen molar-refractivity contribution in [3.8, 4) is 5.75 Å². The Labute approximate surface area is 260 Å². The Balaban J connectivity index is 1.28. The lowest BCUT2D eigenvalue weighted by molar-refractivity contribution is -0.132. The van der Waals surface area contributed by atoms with E-state index in [1.54, 1.807) is 60.8 Å². The lowest BCUT2D eigenvalue weighted by atomic mass is 9.96. The van der Waals surface area contributed by atoms with E-state index in [9.17, 15) is 19.1 Å². The van der Waals surface area contributed by atoms with Crippen molar-refractivity contribution >= 4 is 45.7 Å². The van der Waals surface area contributed by atoms with E-state index in [-0.39, 0.29) is 22.3 Å². The van der Waals surface area contributed by atoms with Crippen molar-refractivity contribution in [2.45, 2.75) is 29.7 Å². The van der Waals surface area contributed by atoms with Gasteiger partial charge in [-0.15, -0.1) is 10.2 Å². The molecule has 1 saturated heterocycles. The van der Waals surface area contributed by atoms with Gasteiger partial charge in [0.15, 0.2) is 4.34 Å². The van der Waals surface area contributed by atoms with Gasteiger partial charge in [0.05, 0.1) is 11.6 Å². The fourth-order valence-electron chi connectivity index (χ4n) is 4.83. The van der Waals surface area contributed by atoms with Crippen LogP contribution in [0.5, 0.6) is 5.75 Å². The number of Topliss-reactive ketones (excluding diaryl/α,β-unsaturated/α-hetero) is 1. The number of carbonyl (C=O) groups is 2. The van der Waals surface area contributed by atoms with Gasteiger partial charge in [-0.05, 0) is 60.0 Å². The summed E-state index contributed by atoms with van der Waals surface area (Å²) in [4.78, 5) is 32.3. The number of carbonyl (C=O) groups excluding carboxylic acids is 2. The zero-order chi connectivity index (χ0) is 30.6. The third-order valence-corrected chi connectivity index (χ3v) is 9.08. The fourth-order valence-corrected chi connectivity index (χ4v) is 6.68. The highest BCUT2D eigenvalue weighted by atomic mass is 32.2. The minimum Gasteiger partial charge on any atom is -0.507 e. The lowest BCUT2D eigenvalue weighted by Gasteiger charge is -2.22. The predicted molar refractivity (Wildman–Crippen MR) is 167 cm³/mol. The Hall–Kier alpha value is -4.87. The zero-order valence-electron chi connectivity index (χ0n) is 23.4. The molecule has 8 nitrogen and oxygen atoms in total. The number of rotatable bonds is 9. The van der Waals surface area contributed by atoms with Crippen LogP contribution in [0.3, 0.4) is 0 Å². The van der Waals surface area contributed by atoms with Gasteiger partial charge >= 0.3 is 5.91 Å². The molecule has 1 aliphatic rings. The van der Waals surface area contributed by atoms with E-state index in [0.29, 0.717) is 39.1 Å². The number of anilines is 1. The first-order chi connectivity index (χ1) is 21.4. The van der Waals surface area contributed by atoms with Crippen molar-refractivity contribution in [2.75, 3.05) is 4.90 Å². The van der Waals surface area contributed by atoms with Crippen molar-refractivity contribution in [1.29, 1.82) is 0 Å². The highest BCUT2D eigenvalue weighted by Gasteiger charge is 2.48. The van der Waals surface area contributed by atoms with Gasteiger partial charge in [-0.25, -0.2) is 4.39 Å². The van der Waals surface area contributed by atoms with E-state index in [1.807, 2.05) is 31.2 Å². The molecule has 2 aromatic heterocycles. The Kier molecular flexibility index (Phi) is 8.49. The molecule has 1 fully saturated rings. The van der Waals surface area contributed by atoms with Crippen molar-refractivity contribution in [2.24, 2.45) is 0 Å². The number of thioether (sulfide) groups is 1. The van der Waals surface area contributed by atoms with Crippen LogP contribution in [0.2, 0.25) is 0 Å². The molecule has 0 spiro atoms. The summed E-state index contributed by atoms with van der Waals surface area (Å²) in [6.07, 6.45) is 3.11. The van der Waals surface area contributed by atoms with Crippen LogP contribution in [0.15, 0.2) is 107 Å². The SMILES string of the molecule is Cc1cccc(COc2ccc(C(O)=C3C(=O)C(=O)N(c4nnc(SCc5ccccc5F)s4)C3c3cccnc3)cc2)c1. The lowest BCUT2D eigenvalue weighted by Crippen LogP contribution is -2.29. The van der Waals surface area contributed by atoms with Crippen molar-refractivity contribution in [3.63, 3.8) is 0 Å². The summed E-state index contributed by atoms with van der Waals surface area (Å²) < 4.78 is 20.5. The fraction of sp³-hybridized carbons (Fsp3) is 0.121. The number of halogens is 1. The summed E-state index contributed by atoms with van der Waals surface area (Å²) in [5.41, 5.74) is 3.44. The monoisotopic (exact) mass is 624 g/mol. The second kappa shape index (κ2) is 12.8. The molecule has 1 N–H and O–H groups in total. The molecule has 1 unspecified atom stereocenters. The van der Waals surface area contributed by atoms with Gasteiger partial charge in [0, 0.05) is 23.7 Å². The summed E-state index contributed by atoms with van der Waals surface area (Å²) in [5.74, 6) is -1.45. The first-order valence-corrected chi connectivity index (χ1v) is 15.4. The van der Waals surface area contributed by atoms with Gasteiger partial charge in [0.25, 0.3) is 5.78 Å². The molecule has 1 amide bonds. The molecule has 0 aliphatic carbocycles. The quantitative estimate of drug-likeness (QED) is 0.0622. The van der Waals surface area contributed by atoms with Crippen LogP contribution in [0.4, 0.5) is 9.52 Å². The molecule has 5 aromatic rings. The molecule has 220 valence electrons. The number of ether oxygens (including phenoxy) is 1. The molecule has 1 aliphatic heterocycles. The number of amides is 1. The maximum absolute atomic E-state index is 14.1. The van der Waals surface area contributed by atoms with Crippen LogP contribution in [0.1, 0.15) is 33.9 Å². The third-order valence-electron chi connectivity index (χ3n) is 6.97. The number of pyridine rings is 1. The van der Waals surface area contributed by atoms with Crippen molar-refractivity contribution in [1.82, 2.24) is 15.2 Å². The Bertz CT molecular complexity index is 1860. The van der Waals surface area contributed by atoms with Gasteiger partial charge in [0.1, 0.15) is 23.9 Å². The molecule has 3 heterocycles. The van der Waals surface area contributed by atoms with Crippen LogP contribution in [0.25, 0.3) is 5.76 Å². The number of nitrogens with zero attached hydrogens (tertiary/aromatic N) is 4. The number of hydrogen-bond donors (Lipinski definition) is 1. The summed E-state index contributed by atoms with van der Waals surface area (Å²) in [6, 6.07) is 23.5. The molecule has 11 heteroatoms. The predicted octanol–water partition coefficient (Wildman–Crippen LogP) is 6.88. The van der Waals surface area contributed by atoms with E-state index in [4.69, 9.17) is 4.74 Å². The van der Waals surface area contributed by atoms with E-state index in [1.165, 1.54) is 28.9 Å². The number of hydrogen-bond acceptors (Lipinski definition) is 9. The first-order valence-electron chi connectivity index (χ1n) is 13.6. The van der Waals surface area contributed by atoms with Crippen LogP contribution in [-0.4, -0.2) is 32.0 Å². The second-order valence-corrected chi connectivity index (χ2v) is 12.2. The average Bonchev–Trinajstić information content (AvgIpc) is 3.61. The molecule has 6 rings (SSSR count). The molecule has 3 aromatic carbocycles. The minimum atomic E-state index is -0.988. The maximum atomic E-state index is 14.1.